The Morgan fingerprint density at radius 1 is 1.30 bits per heavy atom. The highest BCUT2D eigenvalue weighted by atomic mass is 32.2. The molecule has 0 radical (unpaired) electrons. The van der Waals surface area contributed by atoms with E-state index in [4.69, 9.17) is 4.74 Å². The third-order valence-corrected chi connectivity index (χ3v) is 6.09. The fraction of sp³-hybridized carbons (Fsp3) is 0.300. The lowest BCUT2D eigenvalue weighted by molar-refractivity contribution is -0.148. The Morgan fingerprint density at radius 2 is 2.00 bits per heavy atom. The third kappa shape index (κ3) is 4.18. The number of carboxylic acids is 1. The van der Waals surface area contributed by atoms with E-state index in [0.717, 1.165) is 17.1 Å². The first-order valence-corrected chi connectivity index (χ1v) is 10.7. The zero-order chi connectivity index (χ0) is 22.3. The van der Waals surface area contributed by atoms with Gasteiger partial charge in [0.2, 0.25) is 0 Å². The van der Waals surface area contributed by atoms with Gasteiger partial charge in [-0.2, -0.15) is 0 Å². The van der Waals surface area contributed by atoms with Crippen molar-refractivity contribution in [2.45, 2.75) is 31.7 Å². The molecule has 3 heterocycles. The monoisotopic (exact) mass is 432 g/mol. The molecule has 0 unspecified atom stereocenters. The minimum atomic E-state index is -3.94. The zero-order valence-corrected chi connectivity index (χ0v) is 17.3. The van der Waals surface area contributed by atoms with Gasteiger partial charge >= 0.3 is 11.9 Å². The summed E-state index contributed by atoms with van der Waals surface area (Å²) in [4.78, 5) is 41.1. The van der Waals surface area contributed by atoms with E-state index in [1.807, 2.05) is 0 Å². The molecule has 1 amide bonds. The van der Waals surface area contributed by atoms with Gasteiger partial charge < -0.3 is 9.84 Å². The van der Waals surface area contributed by atoms with Gasteiger partial charge in [0, 0.05) is 12.3 Å². The van der Waals surface area contributed by atoms with Crippen LogP contribution in [0.4, 0.5) is 0 Å². The van der Waals surface area contributed by atoms with Crippen molar-refractivity contribution in [3.05, 3.63) is 59.1 Å². The van der Waals surface area contributed by atoms with Crippen LogP contribution in [0.25, 0.3) is 6.08 Å². The Labute approximate surface area is 173 Å². The topological polar surface area (TPSA) is 131 Å². The van der Waals surface area contributed by atoms with Crippen LogP contribution in [0, 0.1) is 0 Å². The minimum Gasteiger partial charge on any atom is -0.477 e. The van der Waals surface area contributed by atoms with Crippen molar-refractivity contribution in [2.24, 2.45) is 0 Å². The number of ether oxygens (including phenoxy) is 1. The van der Waals surface area contributed by atoms with Crippen LogP contribution in [0.1, 0.15) is 26.5 Å². The average molecular weight is 432 g/mol. The summed E-state index contributed by atoms with van der Waals surface area (Å²) < 4.78 is 30.7. The number of allylic oxidation sites excluding steroid dienone is 1. The fourth-order valence-electron chi connectivity index (χ4n) is 3.14. The summed E-state index contributed by atoms with van der Waals surface area (Å²) in [6.45, 7) is 4.97. The van der Waals surface area contributed by atoms with Gasteiger partial charge in [-0.3, -0.25) is 14.7 Å². The van der Waals surface area contributed by atoms with E-state index < -0.39 is 50.1 Å². The molecule has 158 valence electrons. The molecule has 0 aromatic carbocycles. The Bertz CT molecular complexity index is 1110. The highest BCUT2D eigenvalue weighted by molar-refractivity contribution is 7.92. The number of rotatable bonds is 4. The maximum Gasteiger partial charge on any atom is 0.352 e. The summed E-state index contributed by atoms with van der Waals surface area (Å²) in [5.41, 5.74) is -1.09. The van der Waals surface area contributed by atoms with Crippen molar-refractivity contribution in [1.29, 1.82) is 0 Å². The average Bonchev–Trinajstić information content (AvgIpc) is 2.62. The second-order valence-electron chi connectivity index (χ2n) is 7.73. The number of carbonyl (C=O) groups is 3. The van der Waals surface area contributed by atoms with Crippen LogP contribution in [0.5, 0.6) is 0 Å². The lowest BCUT2D eigenvalue weighted by Crippen LogP contribution is -2.62. The molecule has 1 aromatic rings. The highest BCUT2D eigenvalue weighted by Crippen LogP contribution is 2.41. The third-order valence-electron chi connectivity index (χ3n) is 4.23. The highest BCUT2D eigenvalue weighted by Gasteiger charge is 2.56. The van der Waals surface area contributed by atoms with Crippen molar-refractivity contribution >= 4 is 33.8 Å². The molecule has 1 N–H and O–H groups in total. The number of carbonyl (C=O) groups excluding carboxylic acids is 2. The first-order valence-electron chi connectivity index (χ1n) is 8.96. The van der Waals surface area contributed by atoms with Crippen molar-refractivity contribution < 1.29 is 32.6 Å². The summed E-state index contributed by atoms with van der Waals surface area (Å²) >= 11 is 0. The van der Waals surface area contributed by atoms with Gasteiger partial charge in [-0.15, -0.1) is 0 Å². The molecule has 30 heavy (non-hydrogen) atoms. The molecule has 0 spiro atoms. The van der Waals surface area contributed by atoms with Crippen LogP contribution >= 0.6 is 0 Å². The Hall–Kier alpha value is -3.27. The summed E-state index contributed by atoms with van der Waals surface area (Å²) in [5.74, 6) is -3.61. The molecule has 1 atom stereocenters. The number of sulfone groups is 1. The van der Waals surface area contributed by atoms with Gasteiger partial charge in [0.05, 0.1) is 17.0 Å². The van der Waals surface area contributed by atoms with Crippen LogP contribution in [0.2, 0.25) is 0 Å². The van der Waals surface area contributed by atoms with Crippen LogP contribution in [0.3, 0.4) is 0 Å². The van der Waals surface area contributed by atoms with Crippen LogP contribution in [0.15, 0.2) is 53.4 Å². The first-order chi connectivity index (χ1) is 13.9. The molecule has 3 rings (SSSR count). The van der Waals surface area contributed by atoms with E-state index in [1.54, 1.807) is 39.0 Å². The number of nitrogens with zero attached hydrogens (tertiary/aromatic N) is 2. The maximum atomic E-state index is 12.8. The number of amides is 1. The van der Waals surface area contributed by atoms with Gasteiger partial charge in [0.1, 0.15) is 11.3 Å². The number of hydrogen-bond donors (Lipinski definition) is 1. The molecule has 10 heteroatoms. The van der Waals surface area contributed by atoms with Gasteiger partial charge in [-0.25, -0.2) is 18.0 Å². The zero-order valence-electron chi connectivity index (χ0n) is 16.5. The number of esters is 1. The normalized spacial score (nSPS) is 22.1. The second-order valence-corrected chi connectivity index (χ2v) is 9.80. The molecule has 2 aliphatic heterocycles. The largest absolute Gasteiger partial charge is 0.477 e. The Balaban J connectivity index is 2.00. The quantitative estimate of drug-likeness (QED) is 0.428. The predicted octanol–water partition coefficient (Wildman–Crippen LogP) is 1.30. The minimum absolute atomic E-state index is 0.0531. The fourth-order valence-corrected chi connectivity index (χ4v) is 5.04. The number of carboxylic acid groups (broad SMARTS) is 1. The summed E-state index contributed by atoms with van der Waals surface area (Å²) in [6, 6.07) is 4.95. The van der Waals surface area contributed by atoms with Crippen molar-refractivity contribution in [3.63, 3.8) is 0 Å². The van der Waals surface area contributed by atoms with Gasteiger partial charge in [0.25, 0.3) is 5.91 Å². The molecule has 1 saturated heterocycles. The maximum absolute atomic E-state index is 12.8. The van der Waals surface area contributed by atoms with Crippen LogP contribution < -0.4 is 0 Å². The van der Waals surface area contributed by atoms with E-state index in [0.29, 0.717) is 5.69 Å². The SMILES string of the molecule is CC(C)(C)OC(=O)C=CC1=C(C(=O)O)N2C(=O)C(=Cc3ccccn3)[C@@H]2S(=O)(=O)C1. The standard InChI is InChI=1S/C20H20N2O7S/c1-20(2,3)29-15(23)8-7-12-11-30(27,28)18-14(10-13-6-4-5-9-21-13)17(24)22(18)16(12)19(25)26/h4-10,18H,11H2,1-3H3,(H,25,26)/t18-/m0/s1. The van der Waals surface area contributed by atoms with Crippen molar-refractivity contribution in [2.75, 3.05) is 5.75 Å². The van der Waals surface area contributed by atoms with Gasteiger partial charge in [0.15, 0.2) is 15.2 Å². The number of pyridine rings is 1. The lowest BCUT2D eigenvalue weighted by Gasteiger charge is -2.45. The molecule has 0 aliphatic carbocycles. The summed E-state index contributed by atoms with van der Waals surface area (Å²) in [6.07, 6.45) is 4.85. The second kappa shape index (κ2) is 7.52. The molecule has 0 saturated carbocycles. The predicted molar refractivity (Wildman–Crippen MR) is 106 cm³/mol. The Morgan fingerprint density at radius 3 is 2.57 bits per heavy atom. The molecule has 0 bridgehead atoms. The summed E-state index contributed by atoms with van der Waals surface area (Å²) in [7, 11) is -3.94. The van der Waals surface area contributed by atoms with Crippen molar-refractivity contribution in [3.8, 4) is 0 Å². The van der Waals surface area contributed by atoms with E-state index in [1.165, 1.54) is 12.3 Å². The number of aliphatic carboxylic acids is 1. The molecule has 2 aliphatic rings. The van der Waals surface area contributed by atoms with E-state index in [9.17, 15) is 27.9 Å². The number of hydrogen-bond acceptors (Lipinski definition) is 7. The van der Waals surface area contributed by atoms with Gasteiger partial charge in [-0.05, 0) is 50.6 Å². The first kappa shape index (κ1) is 21.4. The number of fused-ring (bicyclic) bond motifs is 1. The van der Waals surface area contributed by atoms with Crippen LogP contribution in [-0.2, 0) is 29.0 Å². The molecular weight excluding hydrogens is 412 g/mol. The van der Waals surface area contributed by atoms with E-state index in [-0.39, 0.29) is 11.1 Å². The number of aromatic nitrogens is 1. The lowest BCUT2D eigenvalue weighted by atomic mass is 10.0. The number of β-lactam (4-membered cyclic amide) rings is 1. The smallest absolute Gasteiger partial charge is 0.352 e. The van der Waals surface area contributed by atoms with Gasteiger partial charge in [-0.1, -0.05) is 6.07 Å². The van der Waals surface area contributed by atoms with E-state index in [2.05, 4.69) is 4.98 Å². The summed E-state index contributed by atoms with van der Waals surface area (Å²) in [5, 5.41) is 8.21. The molecular formula is C20H20N2O7S. The van der Waals surface area contributed by atoms with Crippen LogP contribution in [-0.4, -0.2) is 58.0 Å². The van der Waals surface area contributed by atoms with E-state index >= 15 is 0 Å². The van der Waals surface area contributed by atoms with Crippen molar-refractivity contribution in [1.82, 2.24) is 9.88 Å². The molecule has 1 aromatic heterocycles. The molecule has 1 fully saturated rings. The Kier molecular flexibility index (Phi) is 5.38. The molecule has 9 nitrogen and oxygen atoms in total.